The van der Waals surface area contributed by atoms with Gasteiger partial charge in [-0.1, -0.05) is 31.5 Å². The number of para-hydroxylation sites is 1. The zero-order chi connectivity index (χ0) is 12.1. The molecule has 0 N–H and O–H groups in total. The Morgan fingerprint density at radius 2 is 2.06 bits per heavy atom. The molecule has 0 saturated heterocycles. The van der Waals surface area contributed by atoms with Crippen molar-refractivity contribution in [2.45, 2.75) is 26.2 Å². The second-order valence-electron chi connectivity index (χ2n) is 3.88. The van der Waals surface area contributed by atoms with Crippen LogP contribution in [0.5, 0.6) is 0 Å². The molecule has 0 radical (unpaired) electrons. The van der Waals surface area contributed by atoms with Gasteiger partial charge in [0.15, 0.2) is 5.78 Å². The highest BCUT2D eigenvalue weighted by atomic mass is 16.1. The number of hydrogen-bond acceptors (Lipinski definition) is 3. The van der Waals surface area contributed by atoms with Crippen molar-refractivity contribution in [1.82, 2.24) is 15.0 Å². The van der Waals surface area contributed by atoms with Gasteiger partial charge in [0.05, 0.1) is 11.9 Å². The van der Waals surface area contributed by atoms with Crippen molar-refractivity contribution in [2.75, 3.05) is 0 Å². The van der Waals surface area contributed by atoms with Gasteiger partial charge in [0.2, 0.25) is 0 Å². The van der Waals surface area contributed by atoms with Crippen molar-refractivity contribution in [3.63, 3.8) is 0 Å². The van der Waals surface area contributed by atoms with E-state index in [1.54, 1.807) is 0 Å². The standard InChI is InChI=1S/C13H15N3O/c1-2-3-9-13(17)12-10-14-16(15-12)11-7-5-4-6-8-11/h4-8,10H,2-3,9H2,1H3. The summed E-state index contributed by atoms with van der Waals surface area (Å²) in [5, 5.41) is 8.29. The van der Waals surface area contributed by atoms with Crippen LogP contribution in [0.15, 0.2) is 36.5 Å². The summed E-state index contributed by atoms with van der Waals surface area (Å²) < 4.78 is 0. The molecule has 1 aromatic heterocycles. The van der Waals surface area contributed by atoms with Gasteiger partial charge in [0.25, 0.3) is 0 Å². The number of carbonyl (C=O) groups excluding carboxylic acids is 1. The molecule has 4 nitrogen and oxygen atoms in total. The second-order valence-corrected chi connectivity index (χ2v) is 3.88. The van der Waals surface area contributed by atoms with Gasteiger partial charge in [-0.3, -0.25) is 4.79 Å². The molecule has 0 saturated carbocycles. The first-order valence-corrected chi connectivity index (χ1v) is 5.82. The highest BCUT2D eigenvalue weighted by molar-refractivity contribution is 5.93. The lowest BCUT2D eigenvalue weighted by atomic mass is 10.1. The first kappa shape index (κ1) is 11.5. The smallest absolute Gasteiger partial charge is 0.184 e. The number of aromatic nitrogens is 3. The van der Waals surface area contributed by atoms with Crippen LogP contribution in [0.1, 0.15) is 36.7 Å². The predicted octanol–water partition coefficient (Wildman–Crippen LogP) is 2.64. The van der Waals surface area contributed by atoms with E-state index in [1.807, 2.05) is 30.3 Å². The van der Waals surface area contributed by atoms with Crippen molar-refractivity contribution in [3.05, 3.63) is 42.2 Å². The molecule has 1 aromatic carbocycles. The third-order valence-corrected chi connectivity index (χ3v) is 2.52. The molecule has 0 fully saturated rings. The molecule has 17 heavy (non-hydrogen) atoms. The quantitative estimate of drug-likeness (QED) is 0.740. The minimum Gasteiger partial charge on any atom is -0.292 e. The summed E-state index contributed by atoms with van der Waals surface area (Å²) in [6, 6.07) is 9.56. The van der Waals surface area contributed by atoms with Crippen LogP contribution in [0.4, 0.5) is 0 Å². The van der Waals surface area contributed by atoms with Crippen LogP contribution in [0.25, 0.3) is 5.69 Å². The zero-order valence-electron chi connectivity index (χ0n) is 9.84. The van der Waals surface area contributed by atoms with E-state index in [1.165, 1.54) is 11.0 Å². The summed E-state index contributed by atoms with van der Waals surface area (Å²) in [6.07, 6.45) is 3.99. The Morgan fingerprint density at radius 1 is 1.29 bits per heavy atom. The van der Waals surface area contributed by atoms with E-state index < -0.39 is 0 Å². The van der Waals surface area contributed by atoms with Gasteiger partial charge < -0.3 is 0 Å². The normalized spacial score (nSPS) is 10.4. The fraction of sp³-hybridized carbons (Fsp3) is 0.308. The zero-order valence-corrected chi connectivity index (χ0v) is 9.84. The number of carbonyl (C=O) groups is 1. The lowest BCUT2D eigenvalue weighted by Gasteiger charge is -1.97. The lowest BCUT2D eigenvalue weighted by molar-refractivity contribution is 0.0974. The van der Waals surface area contributed by atoms with Crippen LogP contribution in [0.2, 0.25) is 0 Å². The fourth-order valence-electron chi connectivity index (χ4n) is 1.54. The minimum absolute atomic E-state index is 0.0639. The molecule has 2 aromatic rings. The monoisotopic (exact) mass is 229 g/mol. The Morgan fingerprint density at radius 3 is 2.76 bits per heavy atom. The minimum atomic E-state index is 0.0639. The number of ketones is 1. The van der Waals surface area contributed by atoms with Crippen molar-refractivity contribution in [1.29, 1.82) is 0 Å². The number of rotatable bonds is 5. The summed E-state index contributed by atoms with van der Waals surface area (Å²) in [7, 11) is 0. The van der Waals surface area contributed by atoms with E-state index in [9.17, 15) is 4.79 Å². The molecule has 4 heteroatoms. The Kier molecular flexibility index (Phi) is 3.65. The summed E-state index contributed by atoms with van der Waals surface area (Å²) in [5.74, 6) is 0.0639. The molecule has 0 unspecified atom stereocenters. The van der Waals surface area contributed by atoms with E-state index in [0.29, 0.717) is 12.1 Å². The molecule has 0 aliphatic heterocycles. The van der Waals surface area contributed by atoms with Crippen LogP contribution >= 0.6 is 0 Å². The largest absolute Gasteiger partial charge is 0.292 e. The summed E-state index contributed by atoms with van der Waals surface area (Å²) >= 11 is 0. The highest BCUT2D eigenvalue weighted by Gasteiger charge is 2.10. The van der Waals surface area contributed by atoms with Crippen LogP contribution in [0, 0.1) is 0 Å². The van der Waals surface area contributed by atoms with Gasteiger partial charge in [-0.2, -0.15) is 9.90 Å². The maximum Gasteiger partial charge on any atom is 0.184 e. The summed E-state index contributed by atoms with van der Waals surface area (Å²) in [4.78, 5) is 13.2. The fourth-order valence-corrected chi connectivity index (χ4v) is 1.54. The van der Waals surface area contributed by atoms with E-state index in [4.69, 9.17) is 0 Å². The van der Waals surface area contributed by atoms with Gasteiger partial charge >= 0.3 is 0 Å². The average Bonchev–Trinajstić information content (AvgIpc) is 2.86. The van der Waals surface area contributed by atoms with E-state index >= 15 is 0 Å². The number of hydrogen-bond donors (Lipinski definition) is 0. The van der Waals surface area contributed by atoms with E-state index in [-0.39, 0.29) is 5.78 Å². The van der Waals surface area contributed by atoms with Gasteiger partial charge in [0.1, 0.15) is 5.69 Å². The molecule has 0 amide bonds. The molecule has 0 bridgehead atoms. The van der Waals surface area contributed by atoms with Crippen LogP contribution < -0.4 is 0 Å². The predicted molar refractivity (Wildman–Crippen MR) is 65.2 cm³/mol. The molecular formula is C13H15N3O. The molecule has 1 heterocycles. The van der Waals surface area contributed by atoms with Crippen molar-refractivity contribution in [2.24, 2.45) is 0 Å². The van der Waals surface area contributed by atoms with Gasteiger partial charge in [-0.25, -0.2) is 0 Å². The molecular weight excluding hydrogens is 214 g/mol. The van der Waals surface area contributed by atoms with Gasteiger partial charge in [0, 0.05) is 6.42 Å². The number of unbranched alkanes of at least 4 members (excludes halogenated alkanes) is 1. The molecule has 0 aliphatic rings. The van der Waals surface area contributed by atoms with Crippen molar-refractivity contribution in [3.8, 4) is 5.69 Å². The van der Waals surface area contributed by atoms with E-state index in [0.717, 1.165) is 18.5 Å². The SMILES string of the molecule is CCCCC(=O)c1cnn(-c2ccccc2)n1. The third kappa shape index (κ3) is 2.78. The number of benzene rings is 1. The summed E-state index contributed by atoms with van der Waals surface area (Å²) in [6.45, 7) is 2.06. The third-order valence-electron chi connectivity index (χ3n) is 2.52. The van der Waals surface area contributed by atoms with Crippen molar-refractivity contribution >= 4 is 5.78 Å². The van der Waals surface area contributed by atoms with Gasteiger partial charge in [-0.15, -0.1) is 5.10 Å². The second kappa shape index (κ2) is 5.39. The number of Topliss-reactive ketones (excluding diaryl/α,β-unsaturated/α-hetero) is 1. The average molecular weight is 229 g/mol. The van der Waals surface area contributed by atoms with Crippen LogP contribution in [-0.2, 0) is 0 Å². The van der Waals surface area contributed by atoms with E-state index in [2.05, 4.69) is 17.1 Å². The Bertz CT molecular complexity index is 490. The van der Waals surface area contributed by atoms with Crippen LogP contribution in [-0.4, -0.2) is 20.8 Å². The molecule has 0 aliphatic carbocycles. The Balaban J connectivity index is 2.14. The van der Waals surface area contributed by atoms with Gasteiger partial charge in [-0.05, 0) is 18.6 Å². The highest BCUT2D eigenvalue weighted by Crippen LogP contribution is 2.07. The summed E-state index contributed by atoms with van der Waals surface area (Å²) in [5.41, 5.74) is 1.31. The molecule has 0 spiro atoms. The first-order chi connectivity index (χ1) is 8.31. The Hall–Kier alpha value is -1.97. The number of nitrogens with zero attached hydrogens (tertiary/aromatic N) is 3. The van der Waals surface area contributed by atoms with Crippen LogP contribution in [0.3, 0.4) is 0 Å². The maximum atomic E-state index is 11.7. The topological polar surface area (TPSA) is 47.8 Å². The molecule has 0 atom stereocenters. The maximum absolute atomic E-state index is 11.7. The lowest BCUT2D eigenvalue weighted by Crippen LogP contribution is -2.03. The van der Waals surface area contributed by atoms with Crippen molar-refractivity contribution < 1.29 is 4.79 Å². The molecule has 88 valence electrons. The Labute approximate surface area is 100 Å². The first-order valence-electron chi connectivity index (χ1n) is 5.82. The molecule has 2 rings (SSSR count).